The normalized spacial score (nSPS) is 11.6. The molecule has 2 amide bonds. The standard InChI is InChI=1S/C28H31N5O4.2CH4O3S/c1-16(2)24(15-31-3)33-26(34)18-10-13-21(23(14-18)28(36)37)20-6-4-5-7-22(20)27(35)32-19-11-8-17(9-12-19)25(29)30;2*1-5(2,3)4/h4-14,16,24,31H,15H2,1-3H3,(H3,29,30)(H,32,35)(H,33,34)(H,36,37);2*1H3,(H,2,3,4). The van der Waals surface area contributed by atoms with E-state index in [0.717, 1.165) is 0 Å². The number of carboxylic acid groups (broad SMARTS) is 1. The predicted octanol–water partition coefficient (Wildman–Crippen LogP) is 2.57. The number of benzene rings is 3. The van der Waals surface area contributed by atoms with Gasteiger partial charge in [0.2, 0.25) is 0 Å². The Kier molecular flexibility index (Phi) is 15.3. The molecule has 0 radical (unpaired) electrons. The van der Waals surface area contributed by atoms with Crippen molar-refractivity contribution in [3.8, 4) is 11.1 Å². The van der Waals surface area contributed by atoms with Gasteiger partial charge in [-0.15, -0.1) is 0 Å². The lowest BCUT2D eigenvalue weighted by atomic mass is 9.93. The summed E-state index contributed by atoms with van der Waals surface area (Å²) in [5, 5.41) is 26.2. The number of hydrogen-bond acceptors (Lipinski definition) is 9. The first-order valence-corrected chi connectivity index (χ1v) is 17.3. The second kappa shape index (κ2) is 17.9. The van der Waals surface area contributed by atoms with E-state index < -0.39 is 32.1 Å². The molecule has 0 aliphatic rings. The summed E-state index contributed by atoms with van der Waals surface area (Å²) in [6, 6.07) is 17.5. The zero-order valence-corrected chi connectivity index (χ0v) is 27.9. The van der Waals surface area contributed by atoms with Crippen LogP contribution in [0.25, 0.3) is 11.1 Å². The van der Waals surface area contributed by atoms with Crippen molar-refractivity contribution in [3.63, 3.8) is 0 Å². The molecule has 0 aliphatic carbocycles. The molecular formula is C30H39N5O10S2. The topological polar surface area (TPSA) is 266 Å². The molecule has 17 heteroatoms. The molecule has 0 heterocycles. The number of likely N-dealkylation sites (N-methyl/N-ethyl adjacent to an activating group) is 1. The first kappa shape index (κ1) is 40.3. The molecule has 0 bridgehead atoms. The van der Waals surface area contributed by atoms with Crippen LogP contribution in [0.4, 0.5) is 5.69 Å². The summed E-state index contributed by atoms with van der Waals surface area (Å²) in [5.41, 5.74) is 7.63. The van der Waals surface area contributed by atoms with Crippen molar-refractivity contribution in [3.05, 3.63) is 89.0 Å². The maximum atomic E-state index is 13.1. The average Bonchev–Trinajstić information content (AvgIpc) is 2.95. The zero-order chi connectivity index (χ0) is 36.1. The fraction of sp³-hybridized carbons (Fsp3) is 0.267. The third kappa shape index (κ3) is 15.4. The Morgan fingerprint density at radius 3 is 1.77 bits per heavy atom. The molecule has 3 aromatic carbocycles. The predicted molar refractivity (Wildman–Crippen MR) is 179 cm³/mol. The van der Waals surface area contributed by atoms with Gasteiger partial charge in [-0.05, 0) is 66.6 Å². The average molecular weight is 694 g/mol. The Bertz CT molecular complexity index is 1750. The summed E-state index contributed by atoms with van der Waals surface area (Å²) in [4.78, 5) is 38.2. The van der Waals surface area contributed by atoms with Crippen LogP contribution in [0, 0.1) is 11.3 Å². The van der Waals surface area contributed by atoms with Crippen molar-refractivity contribution in [2.45, 2.75) is 19.9 Å². The maximum Gasteiger partial charge on any atom is 0.336 e. The highest BCUT2D eigenvalue weighted by Crippen LogP contribution is 2.29. The fourth-order valence-corrected chi connectivity index (χ4v) is 3.87. The van der Waals surface area contributed by atoms with E-state index in [0.29, 0.717) is 41.4 Å². The summed E-state index contributed by atoms with van der Waals surface area (Å²) < 4.78 is 51.7. The zero-order valence-electron chi connectivity index (χ0n) is 26.3. The Hall–Kier alpha value is -4.68. The second-order valence-electron chi connectivity index (χ2n) is 10.4. The Morgan fingerprint density at radius 2 is 1.30 bits per heavy atom. The largest absolute Gasteiger partial charge is 0.478 e. The van der Waals surface area contributed by atoms with E-state index in [4.69, 9.17) is 20.2 Å². The molecule has 0 fully saturated rings. The van der Waals surface area contributed by atoms with Gasteiger partial charge in [-0.2, -0.15) is 16.8 Å². The number of nitrogen functional groups attached to an aromatic ring is 1. The molecule has 1 atom stereocenters. The first-order chi connectivity index (χ1) is 21.6. The van der Waals surface area contributed by atoms with Gasteiger partial charge in [0.1, 0.15) is 5.84 Å². The molecule has 3 aromatic rings. The molecule has 3 rings (SSSR count). The molecular weight excluding hydrogens is 654 g/mol. The lowest BCUT2D eigenvalue weighted by Crippen LogP contribution is -2.44. The highest BCUT2D eigenvalue weighted by atomic mass is 32.2. The number of amidine groups is 1. The third-order valence-electron chi connectivity index (χ3n) is 5.97. The van der Waals surface area contributed by atoms with E-state index in [1.54, 1.807) is 67.7 Å². The summed E-state index contributed by atoms with van der Waals surface area (Å²) in [5.74, 6) is -1.92. The van der Waals surface area contributed by atoms with Crippen molar-refractivity contribution in [1.82, 2.24) is 10.6 Å². The lowest BCUT2D eigenvalue weighted by molar-refractivity contribution is 0.0697. The van der Waals surface area contributed by atoms with Gasteiger partial charge in [0.05, 0.1) is 18.1 Å². The van der Waals surface area contributed by atoms with Gasteiger partial charge >= 0.3 is 5.97 Å². The van der Waals surface area contributed by atoms with Gasteiger partial charge in [0.25, 0.3) is 32.1 Å². The second-order valence-corrected chi connectivity index (χ2v) is 13.3. The van der Waals surface area contributed by atoms with E-state index >= 15 is 0 Å². The molecule has 47 heavy (non-hydrogen) atoms. The number of carbonyl (C=O) groups excluding carboxylic acids is 2. The van der Waals surface area contributed by atoms with E-state index in [9.17, 15) is 36.3 Å². The Labute approximate surface area is 273 Å². The van der Waals surface area contributed by atoms with E-state index in [1.807, 2.05) is 13.8 Å². The lowest BCUT2D eigenvalue weighted by Gasteiger charge is -2.22. The maximum absolute atomic E-state index is 13.1. The summed E-state index contributed by atoms with van der Waals surface area (Å²) in [7, 11) is -5.53. The number of aromatic carboxylic acids is 1. The first-order valence-electron chi connectivity index (χ1n) is 13.6. The number of carbonyl (C=O) groups is 3. The van der Waals surface area contributed by atoms with Crippen LogP contribution in [0.15, 0.2) is 66.7 Å². The SMILES string of the molecule is CNCC(NC(=O)c1ccc(-c2ccccc2C(=O)Nc2ccc(C(=N)N)cc2)c(C(=O)O)c1)C(C)C.CS(=O)(=O)O.CS(=O)(=O)O. The quantitative estimate of drug-likeness (QED) is 0.0865. The van der Waals surface area contributed by atoms with Crippen LogP contribution in [0.2, 0.25) is 0 Å². The molecule has 9 N–H and O–H groups in total. The van der Waals surface area contributed by atoms with Crippen LogP contribution in [0.1, 0.15) is 50.5 Å². The summed E-state index contributed by atoms with van der Waals surface area (Å²) in [6.07, 6.45) is 1.43. The third-order valence-corrected chi connectivity index (χ3v) is 5.97. The van der Waals surface area contributed by atoms with Crippen molar-refractivity contribution >= 4 is 49.5 Å². The monoisotopic (exact) mass is 693 g/mol. The minimum Gasteiger partial charge on any atom is -0.478 e. The van der Waals surface area contributed by atoms with E-state index in [-0.39, 0.29) is 40.4 Å². The van der Waals surface area contributed by atoms with Crippen molar-refractivity contribution in [2.75, 3.05) is 31.4 Å². The van der Waals surface area contributed by atoms with Crippen molar-refractivity contribution in [1.29, 1.82) is 5.41 Å². The number of nitrogens with two attached hydrogens (primary N) is 1. The number of rotatable bonds is 10. The van der Waals surface area contributed by atoms with Crippen LogP contribution in [-0.4, -0.2) is 86.8 Å². The highest BCUT2D eigenvalue weighted by Gasteiger charge is 2.22. The van der Waals surface area contributed by atoms with E-state index in [2.05, 4.69) is 16.0 Å². The Morgan fingerprint density at radius 1 is 0.809 bits per heavy atom. The molecule has 0 aliphatic heterocycles. The summed E-state index contributed by atoms with van der Waals surface area (Å²) >= 11 is 0. The molecule has 0 aromatic heterocycles. The van der Waals surface area contributed by atoms with Crippen molar-refractivity contribution < 1.29 is 45.4 Å². The van der Waals surface area contributed by atoms with Crippen LogP contribution >= 0.6 is 0 Å². The van der Waals surface area contributed by atoms with Crippen LogP contribution in [-0.2, 0) is 20.2 Å². The minimum absolute atomic E-state index is 0.0803. The van der Waals surface area contributed by atoms with Gasteiger partial charge in [-0.25, -0.2) is 4.79 Å². The fourth-order valence-electron chi connectivity index (χ4n) is 3.87. The van der Waals surface area contributed by atoms with Gasteiger partial charge in [0.15, 0.2) is 0 Å². The smallest absolute Gasteiger partial charge is 0.336 e. The number of anilines is 1. The molecule has 15 nitrogen and oxygen atoms in total. The molecule has 1 unspecified atom stereocenters. The molecule has 256 valence electrons. The number of carboxylic acids is 1. The van der Waals surface area contributed by atoms with Crippen LogP contribution < -0.4 is 21.7 Å². The molecule has 0 saturated carbocycles. The van der Waals surface area contributed by atoms with Gasteiger partial charge in [0, 0.05) is 35.0 Å². The number of amides is 2. The summed E-state index contributed by atoms with van der Waals surface area (Å²) in [6.45, 7) is 4.56. The Balaban J connectivity index is 0.000000961. The molecule has 0 spiro atoms. The van der Waals surface area contributed by atoms with Crippen LogP contribution in [0.3, 0.4) is 0 Å². The van der Waals surface area contributed by atoms with Gasteiger partial charge in [-0.1, -0.05) is 38.1 Å². The van der Waals surface area contributed by atoms with Crippen molar-refractivity contribution in [2.24, 2.45) is 11.7 Å². The highest BCUT2D eigenvalue weighted by molar-refractivity contribution is 7.85. The van der Waals surface area contributed by atoms with Crippen LogP contribution in [0.5, 0.6) is 0 Å². The van der Waals surface area contributed by atoms with Gasteiger partial charge in [-0.3, -0.25) is 24.1 Å². The molecule has 0 saturated heterocycles. The van der Waals surface area contributed by atoms with E-state index in [1.165, 1.54) is 6.07 Å². The van der Waals surface area contributed by atoms with Gasteiger partial charge < -0.3 is 26.8 Å². The minimum atomic E-state index is -3.67. The number of nitrogens with one attached hydrogen (secondary N) is 4. The number of hydrogen-bond donors (Lipinski definition) is 8.